The quantitative estimate of drug-likeness (QED) is 0.163. The topological polar surface area (TPSA) is 154 Å². The van der Waals surface area contributed by atoms with E-state index in [1.54, 1.807) is 12.4 Å². The summed E-state index contributed by atoms with van der Waals surface area (Å²) in [7, 11) is 0. The summed E-state index contributed by atoms with van der Waals surface area (Å²) in [4.78, 5) is 31.7. The molecular formula is C28H35N9O3. The first kappa shape index (κ1) is 27.3. The average molecular weight is 546 g/mol. The second kappa shape index (κ2) is 13.7. The molecule has 0 bridgehead atoms. The Morgan fingerprint density at radius 1 is 1.12 bits per heavy atom. The van der Waals surface area contributed by atoms with Gasteiger partial charge in [-0.25, -0.2) is 24.7 Å². The first-order chi connectivity index (χ1) is 19.7. The number of aryl methyl sites for hydroxylation is 2. The Morgan fingerprint density at radius 3 is 2.95 bits per heavy atom. The number of unbranched alkanes of at least 4 members (excludes halogenated alkanes) is 1. The first-order valence-corrected chi connectivity index (χ1v) is 13.8. The Morgan fingerprint density at radius 2 is 2.08 bits per heavy atom. The number of carboxylic acids is 1. The molecule has 12 nitrogen and oxygen atoms in total. The molecule has 4 N–H and O–H groups in total. The number of hydrogen-bond acceptors (Lipinski definition) is 10. The highest BCUT2D eigenvalue weighted by atomic mass is 16.5. The van der Waals surface area contributed by atoms with Crippen LogP contribution in [-0.2, 0) is 17.6 Å². The fourth-order valence-corrected chi connectivity index (χ4v) is 4.81. The monoisotopic (exact) mass is 545 g/mol. The van der Waals surface area contributed by atoms with Crippen LogP contribution in [0.4, 0.5) is 11.6 Å². The van der Waals surface area contributed by atoms with Crippen molar-refractivity contribution in [3.63, 3.8) is 0 Å². The SMILES string of the molecule is O=C(O)C(CCN(CCCCc1ccc2c(n1)NCCC2)CCOc1ccccn1)Nc1ncnc2[nH]ncc12. The van der Waals surface area contributed by atoms with E-state index >= 15 is 0 Å². The number of anilines is 2. The van der Waals surface area contributed by atoms with E-state index < -0.39 is 12.0 Å². The normalized spacial score (nSPS) is 13.5. The molecular weight excluding hydrogens is 510 g/mol. The van der Waals surface area contributed by atoms with Crippen molar-refractivity contribution in [2.24, 2.45) is 0 Å². The second-order valence-corrected chi connectivity index (χ2v) is 9.83. The number of aromatic nitrogens is 6. The van der Waals surface area contributed by atoms with E-state index in [2.05, 4.69) is 52.8 Å². The van der Waals surface area contributed by atoms with E-state index in [1.165, 1.54) is 11.9 Å². The molecule has 4 aromatic rings. The third kappa shape index (κ3) is 7.41. The fraction of sp³-hybridized carbons (Fsp3) is 0.429. The highest BCUT2D eigenvalue weighted by molar-refractivity contribution is 5.88. The first-order valence-electron chi connectivity index (χ1n) is 13.8. The van der Waals surface area contributed by atoms with E-state index in [0.717, 1.165) is 56.7 Å². The average Bonchev–Trinajstić information content (AvgIpc) is 3.47. The molecule has 0 aliphatic carbocycles. The van der Waals surface area contributed by atoms with Crippen LogP contribution in [0.25, 0.3) is 11.0 Å². The van der Waals surface area contributed by atoms with Gasteiger partial charge in [0.1, 0.15) is 30.6 Å². The number of ether oxygens (including phenoxy) is 1. The summed E-state index contributed by atoms with van der Waals surface area (Å²) >= 11 is 0. The molecule has 5 rings (SSSR count). The summed E-state index contributed by atoms with van der Waals surface area (Å²) < 4.78 is 5.83. The van der Waals surface area contributed by atoms with Crippen LogP contribution < -0.4 is 15.4 Å². The van der Waals surface area contributed by atoms with E-state index in [4.69, 9.17) is 9.72 Å². The minimum absolute atomic E-state index is 0.389. The van der Waals surface area contributed by atoms with Crippen LogP contribution in [-0.4, -0.2) is 84.9 Å². The number of aromatic amines is 1. The van der Waals surface area contributed by atoms with E-state index in [0.29, 0.717) is 48.8 Å². The molecule has 1 aliphatic heterocycles. The molecule has 0 amide bonds. The molecule has 1 aliphatic rings. The van der Waals surface area contributed by atoms with Crippen molar-refractivity contribution < 1.29 is 14.6 Å². The lowest BCUT2D eigenvalue weighted by molar-refractivity contribution is -0.138. The lowest BCUT2D eigenvalue weighted by Gasteiger charge is -2.24. The van der Waals surface area contributed by atoms with E-state index in [9.17, 15) is 9.90 Å². The summed E-state index contributed by atoms with van der Waals surface area (Å²) in [5.41, 5.74) is 2.95. The third-order valence-electron chi connectivity index (χ3n) is 7.00. The van der Waals surface area contributed by atoms with Gasteiger partial charge in [-0.3, -0.25) is 10.00 Å². The molecule has 0 radical (unpaired) electrons. The van der Waals surface area contributed by atoms with Crippen LogP contribution in [0.1, 0.15) is 36.9 Å². The van der Waals surface area contributed by atoms with Crippen LogP contribution in [0.15, 0.2) is 49.1 Å². The maximum atomic E-state index is 12.1. The highest BCUT2D eigenvalue weighted by Crippen LogP contribution is 2.21. The molecule has 210 valence electrons. The van der Waals surface area contributed by atoms with Crippen LogP contribution in [0.2, 0.25) is 0 Å². The summed E-state index contributed by atoms with van der Waals surface area (Å²) in [5.74, 6) is 1.11. The van der Waals surface area contributed by atoms with Crippen molar-refractivity contribution in [3.8, 4) is 5.88 Å². The molecule has 1 unspecified atom stereocenters. The van der Waals surface area contributed by atoms with Gasteiger partial charge < -0.3 is 20.5 Å². The number of hydrogen-bond donors (Lipinski definition) is 4. The third-order valence-corrected chi connectivity index (χ3v) is 7.00. The molecule has 0 saturated carbocycles. The van der Waals surface area contributed by atoms with Crippen molar-refractivity contribution in [1.29, 1.82) is 0 Å². The van der Waals surface area contributed by atoms with Gasteiger partial charge in [-0.05, 0) is 62.8 Å². The Bertz CT molecular complexity index is 1380. The summed E-state index contributed by atoms with van der Waals surface area (Å²) in [6.45, 7) is 3.50. The smallest absolute Gasteiger partial charge is 0.326 e. The van der Waals surface area contributed by atoms with Gasteiger partial charge in [0, 0.05) is 37.6 Å². The van der Waals surface area contributed by atoms with Gasteiger partial charge in [0.15, 0.2) is 5.65 Å². The van der Waals surface area contributed by atoms with Gasteiger partial charge >= 0.3 is 5.97 Å². The maximum Gasteiger partial charge on any atom is 0.326 e. The van der Waals surface area contributed by atoms with Crippen LogP contribution >= 0.6 is 0 Å². The predicted molar refractivity (Wildman–Crippen MR) is 152 cm³/mol. The van der Waals surface area contributed by atoms with Gasteiger partial charge in [0.05, 0.1) is 11.6 Å². The van der Waals surface area contributed by atoms with Crippen molar-refractivity contribution in [1.82, 2.24) is 35.0 Å². The van der Waals surface area contributed by atoms with Crippen molar-refractivity contribution in [2.75, 3.05) is 43.4 Å². The van der Waals surface area contributed by atoms with Crippen LogP contribution in [0.5, 0.6) is 5.88 Å². The number of fused-ring (bicyclic) bond motifs is 2. The lowest BCUT2D eigenvalue weighted by Crippen LogP contribution is -2.37. The van der Waals surface area contributed by atoms with Gasteiger partial charge in [-0.15, -0.1) is 0 Å². The van der Waals surface area contributed by atoms with Crippen LogP contribution in [0.3, 0.4) is 0 Å². The van der Waals surface area contributed by atoms with Crippen LogP contribution in [0, 0.1) is 0 Å². The number of pyridine rings is 2. The molecule has 0 aromatic carbocycles. The minimum atomic E-state index is -0.938. The van der Waals surface area contributed by atoms with Crippen molar-refractivity contribution in [3.05, 3.63) is 60.3 Å². The molecule has 0 saturated heterocycles. The standard InChI is InChI=1S/C28H35N9O3/c38-28(39)23(35-26-22-18-33-36-27(22)32-19-31-26)11-15-37(16-17-40-24-8-1-3-12-29-24)14-4-2-7-21-10-9-20-6-5-13-30-25(20)34-21/h1,3,8-10,12,18-19,23H,2,4-7,11,13-17H2,(H,30,34)(H,38,39)(H2,31,32,33,35,36). The van der Waals surface area contributed by atoms with Crippen molar-refractivity contribution in [2.45, 2.75) is 44.6 Å². The maximum absolute atomic E-state index is 12.1. The number of nitrogens with one attached hydrogen (secondary N) is 3. The number of aliphatic carboxylic acids is 1. The van der Waals surface area contributed by atoms with E-state index in [-0.39, 0.29) is 0 Å². The summed E-state index contributed by atoms with van der Waals surface area (Å²) in [6.07, 6.45) is 10.2. The lowest BCUT2D eigenvalue weighted by atomic mass is 10.1. The predicted octanol–water partition coefficient (Wildman–Crippen LogP) is 3.16. The van der Waals surface area contributed by atoms with E-state index in [1.807, 2.05) is 18.2 Å². The van der Waals surface area contributed by atoms with Gasteiger partial charge in [-0.2, -0.15) is 5.10 Å². The number of carbonyl (C=O) groups is 1. The molecule has 40 heavy (non-hydrogen) atoms. The molecule has 1 atom stereocenters. The fourth-order valence-electron chi connectivity index (χ4n) is 4.81. The molecule has 4 aromatic heterocycles. The van der Waals surface area contributed by atoms with Gasteiger partial charge in [-0.1, -0.05) is 12.1 Å². The minimum Gasteiger partial charge on any atom is -0.480 e. The van der Waals surface area contributed by atoms with Crippen molar-refractivity contribution >= 4 is 28.6 Å². The number of nitrogens with zero attached hydrogens (tertiary/aromatic N) is 6. The Labute approximate surface area is 232 Å². The van der Waals surface area contributed by atoms with Gasteiger partial charge in [0.25, 0.3) is 0 Å². The Balaban J connectivity index is 1.16. The Hall–Kier alpha value is -4.32. The number of rotatable bonds is 15. The zero-order valence-electron chi connectivity index (χ0n) is 22.4. The summed E-state index contributed by atoms with van der Waals surface area (Å²) in [5, 5.41) is 23.8. The molecule has 0 spiro atoms. The number of H-pyrrole nitrogens is 1. The number of carboxylic acid groups (broad SMARTS) is 1. The largest absolute Gasteiger partial charge is 0.480 e. The summed E-state index contributed by atoms with van der Waals surface area (Å²) in [6, 6.07) is 9.07. The molecule has 0 fully saturated rings. The molecule has 12 heteroatoms. The second-order valence-electron chi connectivity index (χ2n) is 9.83. The Kier molecular flexibility index (Phi) is 9.30. The zero-order chi connectivity index (χ0) is 27.6. The highest BCUT2D eigenvalue weighted by Gasteiger charge is 2.21. The zero-order valence-corrected chi connectivity index (χ0v) is 22.4. The molecule has 5 heterocycles. The van der Waals surface area contributed by atoms with Gasteiger partial charge in [0.2, 0.25) is 5.88 Å².